The van der Waals surface area contributed by atoms with Crippen molar-refractivity contribution in [1.82, 2.24) is 20.2 Å². The number of benzene rings is 2. The van der Waals surface area contributed by atoms with Crippen molar-refractivity contribution in [2.75, 3.05) is 19.6 Å². The van der Waals surface area contributed by atoms with Crippen LogP contribution in [0.4, 0.5) is 0 Å². The zero-order valence-corrected chi connectivity index (χ0v) is 16.9. The topological polar surface area (TPSA) is 78.1 Å². The van der Waals surface area contributed by atoms with Gasteiger partial charge in [0.1, 0.15) is 0 Å². The number of imidazole rings is 1. The number of amides is 2. The summed E-state index contributed by atoms with van der Waals surface area (Å²) in [4.78, 5) is 33.9. The van der Waals surface area contributed by atoms with Gasteiger partial charge in [0, 0.05) is 37.1 Å². The first-order valence-electron chi connectivity index (χ1n) is 10.4. The van der Waals surface area contributed by atoms with Crippen molar-refractivity contribution in [2.45, 2.75) is 19.3 Å². The van der Waals surface area contributed by atoms with Crippen molar-refractivity contribution >= 4 is 11.8 Å². The number of nitrogens with zero attached hydrogens (tertiary/aromatic N) is 2. The monoisotopic (exact) mass is 402 g/mol. The molecule has 30 heavy (non-hydrogen) atoms. The largest absolute Gasteiger partial charge is 0.352 e. The summed E-state index contributed by atoms with van der Waals surface area (Å²) >= 11 is 0. The number of aromatic nitrogens is 2. The molecule has 1 saturated heterocycles. The molecule has 1 fully saturated rings. The predicted molar refractivity (Wildman–Crippen MR) is 116 cm³/mol. The molecule has 6 heteroatoms. The molecule has 2 amide bonds. The molecule has 1 aromatic heterocycles. The van der Waals surface area contributed by atoms with Gasteiger partial charge in [0.25, 0.3) is 5.91 Å². The average molecular weight is 402 g/mol. The molecule has 6 nitrogen and oxygen atoms in total. The molecule has 0 radical (unpaired) electrons. The van der Waals surface area contributed by atoms with Crippen LogP contribution >= 0.6 is 0 Å². The fraction of sp³-hybridized carbons (Fsp3) is 0.292. The molecule has 0 spiro atoms. The SMILES string of the molecule is O=C(NC[C@H]1CCCN(C(=O)Cc2cnc[nH]2)C1)c1ccc(-c2ccccc2)cc1. The Kier molecular flexibility index (Phi) is 6.23. The quantitative estimate of drug-likeness (QED) is 0.664. The second-order valence-corrected chi connectivity index (χ2v) is 7.76. The number of carbonyl (C=O) groups excluding carboxylic acids is 2. The van der Waals surface area contributed by atoms with Gasteiger partial charge in [0.15, 0.2) is 0 Å². The molecule has 2 heterocycles. The van der Waals surface area contributed by atoms with Crippen molar-refractivity contribution in [3.8, 4) is 11.1 Å². The number of piperidine rings is 1. The lowest BCUT2D eigenvalue weighted by molar-refractivity contribution is -0.132. The second kappa shape index (κ2) is 9.39. The van der Waals surface area contributed by atoms with Crippen molar-refractivity contribution < 1.29 is 9.59 Å². The number of aromatic amines is 1. The van der Waals surface area contributed by atoms with Crippen LogP contribution in [0.2, 0.25) is 0 Å². The van der Waals surface area contributed by atoms with Gasteiger partial charge in [-0.25, -0.2) is 4.98 Å². The second-order valence-electron chi connectivity index (χ2n) is 7.76. The lowest BCUT2D eigenvalue weighted by Gasteiger charge is -2.33. The Balaban J connectivity index is 1.28. The van der Waals surface area contributed by atoms with Crippen molar-refractivity contribution in [3.05, 3.63) is 78.4 Å². The molecule has 4 rings (SSSR count). The average Bonchev–Trinajstić information content (AvgIpc) is 3.31. The third-order valence-corrected chi connectivity index (χ3v) is 5.57. The summed E-state index contributed by atoms with van der Waals surface area (Å²) < 4.78 is 0. The van der Waals surface area contributed by atoms with E-state index in [2.05, 4.69) is 27.4 Å². The number of H-pyrrole nitrogens is 1. The highest BCUT2D eigenvalue weighted by atomic mass is 16.2. The predicted octanol–water partition coefficient (Wildman–Crippen LogP) is 3.29. The number of hydrogen-bond donors (Lipinski definition) is 2. The number of hydrogen-bond acceptors (Lipinski definition) is 3. The van der Waals surface area contributed by atoms with Crippen molar-refractivity contribution in [2.24, 2.45) is 5.92 Å². The molecule has 2 aromatic carbocycles. The molecule has 0 aliphatic carbocycles. The molecule has 154 valence electrons. The molecule has 1 aliphatic rings. The third kappa shape index (κ3) is 4.95. The van der Waals surface area contributed by atoms with E-state index in [1.807, 2.05) is 47.4 Å². The minimum atomic E-state index is -0.0736. The van der Waals surface area contributed by atoms with Crippen LogP contribution in [0, 0.1) is 5.92 Å². The van der Waals surface area contributed by atoms with Crippen LogP contribution in [0.5, 0.6) is 0 Å². The van der Waals surface area contributed by atoms with Gasteiger partial charge >= 0.3 is 0 Å². The first-order valence-corrected chi connectivity index (χ1v) is 10.4. The summed E-state index contributed by atoms with van der Waals surface area (Å²) in [6.45, 7) is 2.03. The van der Waals surface area contributed by atoms with Gasteiger partial charge in [0.05, 0.1) is 12.7 Å². The Morgan fingerprint density at radius 1 is 1.07 bits per heavy atom. The van der Waals surface area contributed by atoms with E-state index in [4.69, 9.17) is 0 Å². The minimum absolute atomic E-state index is 0.0736. The smallest absolute Gasteiger partial charge is 0.251 e. The van der Waals surface area contributed by atoms with Gasteiger partial charge in [-0.3, -0.25) is 9.59 Å². The lowest BCUT2D eigenvalue weighted by Crippen LogP contribution is -2.44. The summed E-state index contributed by atoms with van der Waals surface area (Å²) in [6.07, 6.45) is 5.58. The molecule has 2 N–H and O–H groups in total. The first kappa shape index (κ1) is 19.9. The Bertz CT molecular complexity index is 968. The summed E-state index contributed by atoms with van der Waals surface area (Å²) in [7, 11) is 0. The Morgan fingerprint density at radius 3 is 2.57 bits per heavy atom. The van der Waals surface area contributed by atoms with Crippen molar-refractivity contribution in [3.63, 3.8) is 0 Å². The molecular weight excluding hydrogens is 376 g/mol. The Morgan fingerprint density at radius 2 is 1.83 bits per heavy atom. The standard InChI is InChI=1S/C24H26N4O2/c29-23(13-22-15-25-17-27-22)28-12-4-5-18(16-28)14-26-24(30)21-10-8-20(9-11-21)19-6-2-1-3-7-19/h1-3,6-11,15,17-18H,4-5,12-14,16H2,(H,25,27)(H,26,30)/t18-/m1/s1. The van der Waals surface area contributed by atoms with Gasteiger partial charge in [-0.1, -0.05) is 42.5 Å². The van der Waals surface area contributed by atoms with E-state index < -0.39 is 0 Å². The summed E-state index contributed by atoms with van der Waals surface area (Å²) in [5.41, 5.74) is 3.70. The molecule has 0 bridgehead atoms. The molecule has 0 unspecified atom stereocenters. The maximum Gasteiger partial charge on any atom is 0.251 e. The fourth-order valence-corrected chi connectivity index (χ4v) is 3.90. The zero-order chi connectivity index (χ0) is 20.8. The van der Waals surface area contributed by atoms with Crippen LogP contribution in [0.25, 0.3) is 11.1 Å². The highest BCUT2D eigenvalue weighted by Crippen LogP contribution is 2.20. The summed E-state index contributed by atoms with van der Waals surface area (Å²) in [5, 5.41) is 3.04. The first-order chi connectivity index (χ1) is 14.7. The van der Waals surface area contributed by atoms with E-state index in [0.29, 0.717) is 25.1 Å². The van der Waals surface area contributed by atoms with Crippen molar-refractivity contribution in [1.29, 1.82) is 0 Å². The Hall–Kier alpha value is -3.41. The highest BCUT2D eigenvalue weighted by Gasteiger charge is 2.24. The van der Waals surface area contributed by atoms with Gasteiger partial charge in [-0.2, -0.15) is 0 Å². The molecule has 0 saturated carbocycles. The van der Waals surface area contributed by atoms with Crippen LogP contribution in [-0.4, -0.2) is 46.3 Å². The zero-order valence-electron chi connectivity index (χ0n) is 16.9. The Labute approximate surface area is 176 Å². The molecule has 1 aliphatic heterocycles. The van der Waals surface area contributed by atoms with Gasteiger partial charge < -0.3 is 15.2 Å². The lowest BCUT2D eigenvalue weighted by atomic mass is 9.97. The van der Waals surface area contributed by atoms with E-state index in [-0.39, 0.29) is 17.7 Å². The number of likely N-dealkylation sites (tertiary alicyclic amines) is 1. The van der Waals surface area contributed by atoms with Crippen LogP contribution < -0.4 is 5.32 Å². The molecule has 1 atom stereocenters. The number of carbonyl (C=O) groups is 2. The van der Waals surface area contributed by atoms with E-state index >= 15 is 0 Å². The highest BCUT2D eigenvalue weighted by molar-refractivity contribution is 5.94. The maximum absolute atomic E-state index is 12.6. The van der Waals surface area contributed by atoms with Gasteiger partial charge in [-0.15, -0.1) is 0 Å². The fourth-order valence-electron chi connectivity index (χ4n) is 3.90. The van der Waals surface area contributed by atoms with E-state index in [9.17, 15) is 9.59 Å². The van der Waals surface area contributed by atoms with Crippen LogP contribution in [0.3, 0.4) is 0 Å². The van der Waals surface area contributed by atoms with Crippen LogP contribution in [-0.2, 0) is 11.2 Å². The summed E-state index contributed by atoms with van der Waals surface area (Å²) in [5.74, 6) is 0.305. The third-order valence-electron chi connectivity index (χ3n) is 5.57. The summed E-state index contributed by atoms with van der Waals surface area (Å²) in [6, 6.07) is 17.8. The minimum Gasteiger partial charge on any atom is -0.352 e. The molecule has 3 aromatic rings. The van der Waals surface area contributed by atoms with Crippen LogP contribution in [0.15, 0.2) is 67.1 Å². The molecular formula is C24H26N4O2. The van der Waals surface area contributed by atoms with E-state index in [0.717, 1.165) is 36.2 Å². The van der Waals surface area contributed by atoms with Gasteiger partial charge in [0.2, 0.25) is 5.91 Å². The maximum atomic E-state index is 12.6. The number of rotatable bonds is 6. The normalized spacial score (nSPS) is 16.3. The van der Waals surface area contributed by atoms with Gasteiger partial charge in [-0.05, 0) is 42.0 Å². The number of nitrogens with one attached hydrogen (secondary N) is 2. The van der Waals surface area contributed by atoms with Crippen LogP contribution in [0.1, 0.15) is 28.9 Å². The van der Waals surface area contributed by atoms with E-state index in [1.54, 1.807) is 12.5 Å². The van der Waals surface area contributed by atoms with E-state index in [1.165, 1.54) is 0 Å².